The van der Waals surface area contributed by atoms with Gasteiger partial charge in [0.15, 0.2) is 5.78 Å². The molecule has 1 rings (SSSR count). The minimum atomic E-state index is -2.39. The summed E-state index contributed by atoms with van der Waals surface area (Å²) in [5.74, 6) is 0.609. The summed E-state index contributed by atoms with van der Waals surface area (Å²) in [6.07, 6.45) is 2.86. The highest BCUT2D eigenvalue weighted by Gasteiger charge is 2.16. The number of rotatable bonds is 4. The van der Waals surface area contributed by atoms with Crippen LogP contribution in [-0.4, -0.2) is 34.4 Å². The Morgan fingerprint density at radius 1 is 1.56 bits per heavy atom. The van der Waals surface area contributed by atoms with Gasteiger partial charge in [-0.2, -0.15) is 0 Å². The number of hydrogen-bond donors (Lipinski definition) is 0. The summed E-state index contributed by atoms with van der Waals surface area (Å²) >= 11 is 0. The summed E-state index contributed by atoms with van der Waals surface area (Å²) in [5, 5.41) is 1.44. The van der Waals surface area contributed by atoms with Crippen LogP contribution in [0.5, 0.6) is 0 Å². The van der Waals surface area contributed by atoms with Gasteiger partial charge in [0.1, 0.15) is 5.76 Å². The molecule has 1 atom stereocenters. The van der Waals surface area contributed by atoms with Crippen LogP contribution in [-0.2, 0) is 19.2 Å². The molecule has 0 aromatic carbocycles. The SMILES string of the molecule is CC(=O)C1=C(OCC(C)C)C=S(C)(=O)N=C1. The third kappa shape index (κ3) is 3.48. The van der Waals surface area contributed by atoms with Crippen molar-refractivity contribution in [2.45, 2.75) is 20.8 Å². The second-order valence-electron chi connectivity index (χ2n) is 4.25. The first-order valence-corrected chi connectivity index (χ1v) is 7.07. The number of ether oxygens (including phenoxy) is 1. The molecule has 0 amide bonds. The van der Waals surface area contributed by atoms with Gasteiger partial charge >= 0.3 is 0 Å². The molecule has 16 heavy (non-hydrogen) atoms. The molecular weight excluding hydrogens is 226 g/mol. The van der Waals surface area contributed by atoms with Gasteiger partial charge in [0.2, 0.25) is 0 Å². The van der Waals surface area contributed by atoms with Crippen LogP contribution in [0.4, 0.5) is 0 Å². The van der Waals surface area contributed by atoms with E-state index in [1.54, 1.807) is 0 Å². The first-order valence-electron chi connectivity index (χ1n) is 5.09. The van der Waals surface area contributed by atoms with E-state index in [-0.39, 0.29) is 5.78 Å². The van der Waals surface area contributed by atoms with Crippen molar-refractivity contribution in [2.24, 2.45) is 10.3 Å². The van der Waals surface area contributed by atoms with E-state index >= 15 is 0 Å². The number of Topliss-reactive ketones (excluding diaryl/α,β-unsaturated/α-hetero) is 1. The van der Waals surface area contributed by atoms with E-state index in [1.807, 2.05) is 13.8 Å². The summed E-state index contributed by atoms with van der Waals surface area (Å²) in [5.41, 5.74) is 0.390. The van der Waals surface area contributed by atoms with E-state index < -0.39 is 9.71 Å². The summed E-state index contributed by atoms with van der Waals surface area (Å²) in [7, 11) is -2.39. The second kappa shape index (κ2) is 4.82. The topological polar surface area (TPSA) is 55.7 Å². The molecule has 0 bridgehead atoms. The van der Waals surface area contributed by atoms with Crippen LogP contribution in [0.1, 0.15) is 20.8 Å². The number of carbonyl (C=O) groups is 1. The van der Waals surface area contributed by atoms with E-state index in [9.17, 15) is 9.00 Å². The molecule has 1 aliphatic rings. The molecule has 5 heteroatoms. The molecule has 0 aromatic heterocycles. The Kier molecular flexibility index (Phi) is 3.91. The second-order valence-corrected chi connectivity index (χ2v) is 6.42. The number of hydrogen-bond acceptors (Lipinski definition) is 3. The molecule has 0 aliphatic carbocycles. The van der Waals surface area contributed by atoms with E-state index in [2.05, 4.69) is 4.40 Å². The predicted octanol–water partition coefficient (Wildman–Crippen LogP) is 1.22. The number of carbonyl (C=O) groups excluding carboxylic acids is 1. The molecule has 1 heterocycles. The quantitative estimate of drug-likeness (QED) is 0.698. The zero-order chi connectivity index (χ0) is 12.3. The first-order chi connectivity index (χ1) is 7.32. The molecule has 0 radical (unpaired) electrons. The molecule has 0 N–H and O–H groups in total. The zero-order valence-electron chi connectivity index (χ0n) is 10.0. The lowest BCUT2D eigenvalue weighted by Gasteiger charge is -2.15. The van der Waals surface area contributed by atoms with E-state index in [1.165, 1.54) is 24.8 Å². The lowest BCUT2D eigenvalue weighted by Crippen LogP contribution is -2.17. The van der Waals surface area contributed by atoms with Crippen LogP contribution >= 0.6 is 0 Å². The summed E-state index contributed by atoms with van der Waals surface area (Å²) in [6, 6.07) is 0. The van der Waals surface area contributed by atoms with Crippen molar-refractivity contribution >= 4 is 27.1 Å². The van der Waals surface area contributed by atoms with Gasteiger partial charge in [-0.05, 0) is 12.8 Å². The van der Waals surface area contributed by atoms with Crippen molar-refractivity contribution in [2.75, 3.05) is 12.9 Å². The molecule has 0 spiro atoms. The highest BCUT2D eigenvalue weighted by Crippen LogP contribution is 2.12. The maximum atomic E-state index is 11.8. The predicted molar refractivity (Wildman–Crippen MR) is 67.1 cm³/mol. The standard InChI is InChI=1S/C11H17NO3S/c1-8(2)6-15-11-7-16(4,14)12-5-10(11)9(3)13/h5,7-8H,6H2,1-4H3. The van der Waals surface area contributed by atoms with Crippen LogP contribution in [0.15, 0.2) is 15.7 Å². The van der Waals surface area contributed by atoms with Crippen LogP contribution in [0.3, 0.4) is 0 Å². The maximum absolute atomic E-state index is 11.8. The Labute approximate surface area is 96.5 Å². The minimum absolute atomic E-state index is 0.131. The third-order valence-electron chi connectivity index (χ3n) is 1.93. The van der Waals surface area contributed by atoms with Crippen LogP contribution < -0.4 is 0 Å². The lowest BCUT2D eigenvalue weighted by molar-refractivity contribution is -0.113. The molecule has 1 aliphatic heterocycles. The smallest absolute Gasteiger partial charge is 0.165 e. The minimum Gasteiger partial charge on any atom is -0.492 e. The van der Waals surface area contributed by atoms with E-state index in [4.69, 9.17) is 4.74 Å². The fourth-order valence-electron chi connectivity index (χ4n) is 1.15. The van der Waals surface area contributed by atoms with Gasteiger partial charge in [0, 0.05) is 6.26 Å². The molecule has 1 unspecified atom stereocenters. The zero-order valence-corrected chi connectivity index (χ0v) is 10.8. The van der Waals surface area contributed by atoms with Crippen LogP contribution in [0.2, 0.25) is 0 Å². The molecule has 0 aromatic rings. The normalized spacial score (nSPS) is 24.6. The van der Waals surface area contributed by atoms with Crippen molar-refractivity contribution in [3.05, 3.63) is 11.3 Å². The van der Waals surface area contributed by atoms with Crippen LogP contribution in [0.25, 0.3) is 0 Å². The molecule has 0 saturated carbocycles. The maximum Gasteiger partial charge on any atom is 0.165 e. The number of nitrogens with zero attached hydrogens (tertiary/aromatic N) is 1. The van der Waals surface area contributed by atoms with Gasteiger partial charge in [0.05, 0.1) is 33.5 Å². The Bertz CT molecular complexity index is 466. The van der Waals surface area contributed by atoms with Gasteiger partial charge in [-0.3, -0.25) is 4.79 Å². The Morgan fingerprint density at radius 2 is 2.19 bits per heavy atom. The average molecular weight is 243 g/mol. The van der Waals surface area contributed by atoms with Crippen LogP contribution in [0, 0.1) is 5.92 Å². The summed E-state index contributed by atoms with van der Waals surface area (Å²) < 4.78 is 21.1. The Morgan fingerprint density at radius 3 is 2.69 bits per heavy atom. The first kappa shape index (κ1) is 13.0. The lowest BCUT2D eigenvalue weighted by atomic mass is 10.2. The Hall–Kier alpha value is -1.10. The number of ketones is 1. The van der Waals surface area contributed by atoms with Crippen molar-refractivity contribution in [1.82, 2.24) is 0 Å². The molecule has 4 nitrogen and oxygen atoms in total. The summed E-state index contributed by atoms with van der Waals surface area (Å²) in [4.78, 5) is 11.3. The average Bonchev–Trinajstić information content (AvgIpc) is 2.12. The van der Waals surface area contributed by atoms with E-state index in [0.717, 1.165) is 0 Å². The molecule has 90 valence electrons. The van der Waals surface area contributed by atoms with Gasteiger partial charge < -0.3 is 4.74 Å². The van der Waals surface area contributed by atoms with Gasteiger partial charge in [0.25, 0.3) is 0 Å². The molecule has 0 fully saturated rings. The largest absolute Gasteiger partial charge is 0.492 e. The molecule has 0 saturated heterocycles. The van der Waals surface area contributed by atoms with Crippen molar-refractivity contribution < 1.29 is 13.7 Å². The number of allylic oxidation sites excluding steroid dienone is 2. The Balaban J connectivity index is 3.06. The highest BCUT2D eigenvalue weighted by molar-refractivity contribution is 7.99. The van der Waals surface area contributed by atoms with Crippen molar-refractivity contribution in [1.29, 1.82) is 0 Å². The molecular formula is C11H17NO3S. The highest BCUT2D eigenvalue weighted by atomic mass is 32.2. The third-order valence-corrected chi connectivity index (χ3v) is 3.11. The van der Waals surface area contributed by atoms with Gasteiger partial charge in [-0.25, -0.2) is 8.61 Å². The van der Waals surface area contributed by atoms with Gasteiger partial charge in [-0.1, -0.05) is 13.8 Å². The fourth-order valence-corrected chi connectivity index (χ4v) is 2.11. The van der Waals surface area contributed by atoms with Crippen molar-refractivity contribution in [3.8, 4) is 0 Å². The summed E-state index contributed by atoms with van der Waals surface area (Å²) in [6.45, 7) is 5.95. The van der Waals surface area contributed by atoms with E-state index in [0.29, 0.717) is 23.9 Å². The van der Waals surface area contributed by atoms with Crippen molar-refractivity contribution in [3.63, 3.8) is 0 Å². The fraction of sp³-hybridized carbons (Fsp3) is 0.545. The van der Waals surface area contributed by atoms with Gasteiger partial charge in [-0.15, -0.1) is 0 Å². The monoisotopic (exact) mass is 243 g/mol.